The molecule has 0 saturated heterocycles. The molecule has 1 aliphatic carbocycles. The van der Waals surface area contributed by atoms with E-state index in [-0.39, 0.29) is 16.5 Å². The highest BCUT2D eigenvalue weighted by Crippen LogP contribution is 2.37. The molecule has 140 valence electrons. The summed E-state index contributed by atoms with van der Waals surface area (Å²) in [6, 6.07) is 6.80. The number of carbonyl (C=O) groups is 1. The van der Waals surface area contributed by atoms with Crippen LogP contribution in [0.25, 0.3) is 0 Å². The maximum atomic E-state index is 14.3. The summed E-state index contributed by atoms with van der Waals surface area (Å²) >= 11 is 0. The van der Waals surface area contributed by atoms with Gasteiger partial charge in [-0.1, -0.05) is 31.0 Å². The van der Waals surface area contributed by atoms with Gasteiger partial charge in [-0.25, -0.2) is 17.5 Å². The largest absolute Gasteiger partial charge is 0.364 e. The first-order valence-electron chi connectivity index (χ1n) is 8.52. The van der Waals surface area contributed by atoms with Crippen LogP contribution in [0.5, 0.6) is 0 Å². The van der Waals surface area contributed by atoms with Gasteiger partial charge in [-0.15, -0.1) is 0 Å². The molecule has 26 heavy (non-hydrogen) atoms. The summed E-state index contributed by atoms with van der Waals surface area (Å²) < 4.78 is 44.1. The van der Waals surface area contributed by atoms with Crippen molar-refractivity contribution in [1.82, 2.24) is 9.29 Å². The Kier molecular flexibility index (Phi) is 5.15. The summed E-state index contributed by atoms with van der Waals surface area (Å²) in [7, 11) is -2.40. The highest BCUT2D eigenvalue weighted by Gasteiger charge is 2.32. The minimum Gasteiger partial charge on any atom is -0.364 e. The molecule has 1 heterocycles. The van der Waals surface area contributed by atoms with Gasteiger partial charge in [0.2, 0.25) is 10.0 Å². The Bertz CT molecular complexity index is 918. The quantitative estimate of drug-likeness (QED) is 0.807. The lowest BCUT2D eigenvalue weighted by atomic mass is 9.92. The number of hydrogen-bond donors (Lipinski definition) is 2. The molecule has 6 nitrogen and oxygen atoms in total. The molecule has 1 aromatic carbocycles. The molecule has 0 aliphatic heterocycles. The molecule has 1 amide bonds. The number of carbonyl (C=O) groups excluding carboxylic acids is 1. The Hall–Kier alpha value is -2.19. The van der Waals surface area contributed by atoms with Crippen molar-refractivity contribution < 1.29 is 17.6 Å². The first-order chi connectivity index (χ1) is 12.3. The van der Waals surface area contributed by atoms with Gasteiger partial charge in [0.1, 0.15) is 16.4 Å². The molecule has 0 radical (unpaired) electrons. The molecule has 1 unspecified atom stereocenters. The molecule has 1 atom stereocenters. The zero-order valence-electron chi connectivity index (χ0n) is 14.5. The standard InChI is InChI=1S/C18H22FN3O3S/c1-22-11-13(10-16(22)18(20)23)26(24,25)21-17(12-6-2-3-7-12)14-8-4-5-9-15(14)19/h4-5,8-12,17,21H,2-3,6-7H2,1H3,(H2,20,23). The summed E-state index contributed by atoms with van der Waals surface area (Å²) in [5.74, 6) is -1.12. The fraction of sp³-hybridized carbons (Fsp3) is 0.389. The topological polar surface area (TPSA) is 94.2 Å². The maximum Gasteiger partial charge on any atom is 0.265 e. The number of benzene rings is 1. The van der Waals surface area contributed by atoms with Crippen LogP contribution in [-0.4, -0.2) is 18.9 Å². The number of aryl methyl sites for hydroxylation is 1. The van der Waals surface area contributed by atoms with Crippen LogP contribution in [0.15, 0.2) is 41.4 Å². The maximum absolute atomic E-state index is 14.3. The number of nitrogens with one attached hydrogen (secondary N) is 1. The first kappa shape index (κ1) is 18.6. The number of hydrogen-bond acceptors (Lipinski definition) is 3. The van der Waals surface area contributed by atoms with E-state index in [1.807, 2.05) is 0 Å². The number of halogens is 1. The lowest BCUT2D eigenvalue weighted by Crippen LogP contribution is -2.33. The second-order valence-corrected chi connectivity index (χ2v) is 8.42. The summed E-state index contributed by atoms with van der Waals surface area (Å²) in [5, 5.41) is 0. The SMILES string of the molecule is Cn1cc(S(=O)(=O)NC(c2ccccc2F)C2CCCC2)cc1C(N)=O. The van der Waals surface area contributed by atoms with Gasteiger partial charge in [-0.3, -0.25) is 4.79 Å². The second-order valence-electron chi connectivity index (χ2n) is 6.70. The number of aromatic nitrogens is 1. The third-order valence-electron chi connectivity index (χ3n) is 4.94. The van der Waals surface area contributed by atoms with E-state index < -0.39 is 27.8 Å². The van der Waals surface area contributed by atoms with Crippen molar-refractivity contribution in [1.29, 1.82) is 0 Å². The van der Waals surface area contributed by atoms with Crippen molar-refractivity contribution in [3.05, 3.63) is 53.6 Å². The first-order valence-corrected chi connectivity index (χ1v) is 10.0. The molecular formula is C18H22FN3O3S. The van der Waals surface area contributed by atoms with Crippen molar-refractivity contribution in [2.75, 3.05) is 0 Å². The van der Waals surface area contributed by atoms with Gasteiger partial charge in [0.05, 0.1) is 6.04 Å². The average molecular weight is 379 g/mol. The van der Waals surface area contributed by atoms with E-state index in [1.165, 1.54) is 22.9 Å². The van der Waals surface area contributed by atoms with Gasteiger partial charge in [-0.05, 0) is 30.9 Å². The number of sulfonamides is 1. The molecule has 2 aromatic rings. The van der Waals surface area contributed by atoms with Crippen LogP contribution in [-0.2, 0) is 17.1 Å². The Morgan fingerprint density at radius 1 is 1.31 bits per heavy atom. The van der Waals surface area contributed by atoms with E-state index in [9.17, 15) is 17.6 Å². The highest BCUT2D eigenvalue weighted by molar-refractivity contribution is 7.89. The van der Waals surface area contributed by atoms with E-state index in [0.717, 1.165) is 25.7 Å². The van der Waals surface area contributed by atoms with Gasteiger partial charge < -0.3 is 10.3 Å². The molecule has 1 aromatic heterocycles. The van der Waals surface area contributed by atoms with E-state index >= 15 is 0 Å². The predicted octanol–water partition coefficient (Wildman–Crippen LogP) is 2.47. The number of rotatable bonds is 6. The van der Waals surface area contributed by atoms with Gasteiger partial charge in [0.25, 0.3) is 5.91 Å². The third kappa shape index (κ3) is 3.66. The normalized spacial score (nSPS) is 16.7. The fourth-order valence-electron chi connectivity index (χ4n) is 3.59. The Morgan fingerprint density at radius 3 is 2.54 bits per heavy atom. The minimum atomic E-state index is -3.94. The smallest absolute Gasteiger partial charge is 0.265 e. The van der Waals surface area contributed by atoms with Crippen LogP contribution in [0, 0.1) is 11.7 Å². The number of amides is 1. The molecular weight excluding hydrogens is 357 g/mol. The molecule has 3 N–H and O–H groups in total. The Labute approximate surface area is 152 Å². The molecule has 8 heteroatoms. The molecule has 1 aliphatic rings. The minimum absolute atomic E-state index is 0.0287. The second kappa shape index (κ2) is 7.20. The van der Waals surface area contributed by atoms with Crippen molar-refractivity contribution in [3.63, 3.8) is 0 Å². The van der Waals surface area contributed by atoms with Crippen molar-refractivity contribution in [3.8, 4) is 0 Å². The fourth-order valence-corrected chi connectivity index (χ4v) is 4.95. The zero-order valence-corrected chi connectivity index (χ0v) is 15.3. The van der Waals surface area contributed by atoms with E-state index in [1.54, 1.807) is 25.2 Å². The molecule has 1 fully saturated rings. The van der Waals surface area contributed by atoms with E-state index in [4.69, 9.17) is 5.73 Å². The van der Waals surface area contributed by atoms with Gasteiger partial charge in [0.15, 0.2) is 0 Å². The van der Waals surface area contributed by atoms with Gasteiger partial charge in [0, 0.05) is 18.8 Å². The van der Waals surface area contributed by atoms with Crippen LogP contribution < -0.4 is 10.5 Å². The van der Waals surface area contributed by atoms with Crippen LogP contribution in [0.4, 0.5) is 4.39 Å². The molecule has 1 saturated carbocycles. The molecule has 0 spiro atoms. The molecule has 0 bridgehead atoms. The van der Waals surface area contributed by atoms with Crippen LogP contribution in [0.1, 0.15) is 47.8 Å². The summed E-state index contributed by atoms with van der Waals surface area (Å²) in [6.45, 7) is 0. The average Bonchev–Trinajstić information content (AvgIpc) is 3.23. The lowest BCUT2D eigenvalue weighted by molar-refractivity contribution is 0.0992. The van der Waals surface area contributed by atoms with Crippen molar-refractivity contribution in [2.45, 2.75) is 36.6 Å². The van der Waals surface area contributed by atoms with Crippen molar-refractivity contribution in [2.24, 2.45) is 18.7 Å². The summed E-state index contributed by atoms with van der Waals surface area (Å²) in [5.41, 5.74) is 5.69. The number of primary amides is 1. The monoisotopic (exact) mass is 379 g/mol. The van der Waals surface area contributed by atoms with E-state index in [2.05, 4.69) is 4.72 Å². The Balaban J connectivity index is 1.96. The van der Waals surface area contributed by atoms with Gasteiger partial charge in [-0.2, -0.15) is 0 Å². The predicted molar refractivity (Wildman–Crippen MR) is 95.4 cm³/mol. The van der Waals surface area contributed by atoms with Crippen LogP contribution >= 0.6 is 0 Å². The van der Waals surface area contributed by atoms with Crippen LogP contribution in [0.3, 0.4) is 0 Å². The summed E-state index contributed by atoms with van der Waals surface area (Å²) in [6.07, 6.45) is 4.99. The zero-order chi connectivity index (χ0) is 18.9. The van der Waals surface area contributed by atoms with Crippen LogP contribution in [0.2, 0.25) is 0 Å². The Morgan fingerprint density at radius 2 is 1.96 bits per heavy atom. The van der Waals surface area contributed by atoms with E-state index in [0.29, 0.717) is 5.56 Å². The summed E-state index contributed by atoms with van der Waals surface area (Å²) in [4.78, 5) is 11.3. The van der Waals surface area contributed by atoms with Gasteiger partial charge >= 0.3 is 0 Å². The van der Waals surface area contributed by atoms with Crippen molar-refractivity contribution >= 4 is 15.9 Å². The third-order valence-corrected chi connectivity index (χ3v) is 6.34. The highest BCUT2D eigenvalue weighted by atomic mass is 32.2. The molecule has 3 rings (SSSR count). The lowest BCUT2D eigenvalue weighted by Gasteiger charge is -2.25. The number of nitrogens with zero attached hydrogens (tertiary/aromatic N) is 1. The number of nitrogens with two attached hydrogens (primary N) is 1.